The first-order chi connectivity index (χ1) is 7.77. The highest BCUT2D eigenvalue weighted by Gasteiger charge is 2.23. The zero-order chi connectivity index (χ0) is 13.5. The number of Topliss-reactive ketones (excluding diaryl/α,β-unsaturated/α-hetero) is 1. The van der Waals surface area contributed by atoms with Gasteiger partial charge in [0.05, 0.1) is 11.8 Å². The molecule has 0 saturated heterocycles. The van der Waals surface area contributed by atoms with Gasteiger partial charge in [0.25, 0.3) is 0 Å². The summed E-state index contributed by atoms with van der Waals surface area (Å²) >= 11 is 0. The zero-order valence-electron chi connectivity index (χ0n) is 11.0. The Labute approximate surface area is 113 Å². The molecule has 0 atom stereocenters. The predicted octanol–water partition coefficient (Wildman–Crippen LogP) is -3.33. The second kappa shape index (κ2) is 8.88. The smallest absolute Gasteiger partial charge is 0.314 e. The zero-order valence-corrected chi connectivity index (χ0v) is 11.7. The van der Waals surface area contributed by atoms with Crippen LogP contribution in [0.2, 0.25) is 0 Å². The van der Waals surface area contributed by atoms with E-state index in [4.69, 9.17) is 4.74 Å². The van der Waals surface area contributed by atoms with E-state index in [0.717, 1.165) is 0 Å². The van der Waals surface area contributed by atoms with Gasteiger partial charge in [-0.2, -0.15) is 0 Å². The first-order valence-corrected chi connectivity index (χ1v) is 5.41. The Morgan fingerprint density at radius 1 is 1.06 bits per heavy atom. The molecule has 0 saturated carbocycles. The molecule has 0 aliphatic rings. The number of halogens is 1. The highest BCUT2D eigenvalue weighted by molar-refractivity contribution is 5.83. The molecule has 6 nitrogen and oxygen atoms in total. The van der Waals surface area contributed by atoms with Crippen LogP contribution in [-0.2, 0) is 23.9 Å². The molecular formula is C11H20ClNO5. The third kappa shape index (κ3) is 8.95. The van der Waals surface area contributed by atoms with Crippen molar-refractivity contribution >= 4 is 17.7 Å². The molecule has 0 amide bonds. The molecule has 0 aromatic carbocycles. The topological polar surface area (TPSA) is 97.3 Å². The Balaban J connectivity index is 0. The van der Waals surface area contributed by atoms with Crippen LogP contribution in [0, 0.1) is 5.41 Å². The molecule has 0 heterocycles. The molecule has 7 heteroatoms. The summed E-state index contributed by atoms with van der Waals surface area (Å²) in [7, 11) is 0. The average Bonchev–Trinajstić information content (AvgIpc) is 2.24. The molecule has 0 bridgehead atoms. The van der Waals surface area contributed by atoms with Crippen LogP contribution in [0.1, 0.15) is 33.6 Å². The van der Waals surface area contributed by atoms with Crippen molar-refractivity contribution in [2.45, 2.75) is 33.6 Å². The standard InChI is InChI=1S/C11H19NO5.ClH/c1-11(2,3)10(15)17-7-16-9(14)5-4-8(13)6-12;/h4-7,12H2,1-3H3;1H. The summed E-state index contributed by atoms with van der Waals surface area (Å²) in [5.74, 6) is -1.11. The molecule has 106 valence electrons. The van der Waals surface area contributed by atoms with Crippen LogP contribution >= 0.6 is 0 Å². The van der Waals surface area contributed by atoms with Gasteiger partial charge >= 0.3 is 11.9 Å². The largest absolute Gasteiger partial charge is 1.00 e. The van der Waals surface area contributed by atoms with Crippen molar-refractivity contribution in [3.63, 3.8) is 0 Å². The van der Waals surface area contributed by atoms with Gasteiger partial charge in [0, 0.05) is 6.42 Å². The van der Waals surface area contributed by atoms with Gasteiger partial charge in [-0.3, -0.25) is 14.4 Å². The van der Waals surface area contributed by atoms with Gasteiger partial charge in [-0.1, -0.05) is 0 Å². The molecule has 0 radical (unpaired) electrons. The van der Waals surface area contributed by atoms with Crippen molar-refractivity contribution in [1.82, 2.24) is 0 Å². The van der Waals surface area contributed by atoms with Crippen LogP contribution in [0.4, 0.5) is 0 Å². The summed E-state index contributed by atoms with van der Waals surface area (Å²) in [6, 6.07) is 0. The number of quaternary nitrogens is 1. The molecule has 0 rings (SSSR count). The van der Waals surface area contributed by atoms with Crippen molar-refractivity contribution < 1.29 is 42.0 Å². The van der Waals surface area contributed by atoms with Crippen molar-refractivity contribution in [1.29, 1.82) is 0 Å². The summed E-state index contributed by atoms with van der Waals surface area (Å²) in [5.41, 5.74) is 2.78. The lowest BCUT2D eigenvalue weighted by atomic mass is 9.98. The van der Waals surface area contributed by atoms with E-state index in [0.29, 0.717) is 0 Å². The van der Waals surface area contributed by atoms with E-state index in [2.05, 4.69) is 10.5 Å². The minimum atomic E-state index is -0.629. The number of hydrogen-bond acceptors (Lipinski definition) is 5. The first-order valence-electron chi connectivity index (χ1n) is 5.41. The number of esters is 2. The molecule has 18 heavy (non-hydrogen) atoms. The molecule has 0 aliphatic carbocycles. The van der Waals surface area contributed by atoms with Crippen LogP contribution in [-0.4, -0.2) is 31.1 Å². The Kier molecular flexibility index (Phi) is 9.47. The molecule has 3 N–H and O–H groups in total. The molecule has 0 unspecified atom stereocenters. The van der Waals surface area contributed by atoms with Gasteiger partial charge in [0.2, 0.25) is 6.79 Å². The van der Waals surface area contributed by atoms with Crippen molar-refractivity contribution in [3.8, 4) is 0 Å². The second-order valence-electron chi connectivity index (χ2n) is 4.60. The highest BCUT2D eigenvalue weighted by Crippen LogP contribution is 2.14. The number of rotatable bonds is 6. The lowest BCUT2D eigenvalue weighted by Crippen LogP contribution is -3.00. The third-order valence-electron chi connectivity index (χ3n) is 1.91. The van der Waals surface area contributed by atoms with Gasteiger partial charge in [-0.25, -0.2) is 0 Å². The van der Waals surface area contributed by atoms with Crippen LogP contribution in [0.25, 0.3) is 0 Å². The predicted molar refractivity (Wildman–Crippen MR) is 58.5 cm³/mol. The Morgan fingerprint density at radius 3 is 2.06 bits per heavy atom. The van der Waals surface area contributed by atoms with E-state index in [-0.39, 0.29) is 37.6 Å². The monoisotopic (exact) mass is 281 g/mol. The maximum Gasteiger partial charge on any atom is 0.314 e. The van der Waals surface area contributed by atoms with E-state index in [9.17, 15) is 14.4 Å². The minimum Gasteiger partial charge on any atom is -1.00 e. The number of ether oxygens (including phenoxy) is 2. The van der Waals surface area contributed by atoms with Gasteiger partial charge in [-0.05, 0) is 20.8 Å². The van der Waals surface area contributed by atoms with Crippen LogP contribution in [0.15, 0.2) is 0 Å². The van der Waals surface area contributed by atoms with Crippen molar-refractivity contribution in [3.05, 3.63) is 0 Å². The summed E-state index contributed by atoms with van der Waals surface area (Å²) in [6.45, 7) is 4.85. The molecule has 0 aromatic heterocycles. The second-order valence-corrected chi connectivity index (χ2v) is 4.60. The fourth-order valence-electron chi connectivity index (χ4n) is 0.804. The SMILES string of the molecule is CC(C)(C)C(=O)OCOC(=O)CCC(=O)C[NH3+].[Cl-]. The van der Waals surface area contributed by atoms with Crippen molar-refractivity contribution in [2.75, 3.05) is 13.3 Å². The fraction of sp³-hybridized carbons (Fsp3) is 0.727. The molecule has 0 spiro atoms. The lowest BCUT2D eigenvalue weighted by Gasteiger charge is -2.16. The quantitative estimate of drug-likeness (QED) is 0.406. The maximum absolute atomic E-state index is 11.3. The first kappa shape index (κ1) is 19.2. The van der Waals surface area contributed by atoms with Gasteiger partial charge in [-0.15, -0.1) is 0 Å². The Morgan fingerprint density at radius 2 is 1.61 bits per heavy atom. The summed E-state index contributed by atoms with van der Waals surface area (Å²) < 4.78 is 9.38. The number of carbonyl (C=O) groups is 3. The van der Waals surface area contributed by atoms with Crippen LogP contribution in [0.3, 0.4) is 0 Å². The van der Waals surface area contributed by atoms with E-state index < -0.39 is 24.1 Å². The fourth-order valence-corrected chi connectivity index (χ4v) is 0.804. The average molecular weight is 282 g/mol. The summed E-state index contributed by atoms with van der Waals surface area (Å²) in [4.78, 5) is 33.3. The molecule has 0 fully saturated rings. The highest BCUT2D eigenvalue weighted by atomic mass is 35.5. The van der Waals surface area contributed by atoms with Gasteiger partial charge in [0.15, 0.2) is 5.78 Å². The van der Waals surface area contributed by atoms with E-state index in [1.54, 1.807) is 20.8 Å². The van der Waals surface area contributed by atoms with E-state index in [1.165, 1.54) is 0 Å². The normalized spacial score (nSPS) is 10.2. The molecule has 0 aromatic rings. The van der Waals surface area contributed by atoms with E-state index >= 15 is 0 Å². The van der Waals surface area contributed by atoms with Crippen LogP contribution < -0.4 is 18.1 Å². The van der Waals surface area contributed by atoms with Gasteiger partial charge in [0.1, 0.15) is 6.54 Å². The molecule has 0 aliphatic heterocycles. The number of hydrogen-bond donors (Lipinski definition) is 1. The maximum atomic E-state index is 11.3. The van der Waals surface area contributed by atoms with Crippen LogP contribution in [0.5, 0.6) is 0 Å². The van der Waals surface area contributed by atoms with Crippen molar-refractivity contribution in [2.24, 2.45) is 5.41 Å². The minimum absolute atomic E-state index is 0. The van der Waals surface area contributed by atoms with Gasteiger partial charge < -0.3 is 27.6 Å². The number of ketones is 1. The summed E-state index contributed by atoms with van der Waals surface area (Å²) in [5, 5.41) is 0. The number of carbonyl (C=O) groups excluding carboxylic acids is 3. The van der Waals surface area contributed by atoms with E-state index in [1.807, 2.05) is 0 Å². The Hall–Kier alpha value is -1.14. The lowest BCUT2D eigenvalue weighted by molar-refractivity contribution is -0.354. The Bertz CT molecular complexity index is 298. The third-order valence-corrected chi connectivity index (χ3v) is 1.91. The summed E-state index contributed by atoms with van der Waals surface area (Å²) in [6.07, 6.45) is 0.0942. The molecular weight excluding hydrogens is 262 g/mol.